The first-order valence-corrected chi connectivity index (χ1v) is 16.7. The van der Waals surface area contributed by atoms with Gasteiger partial charge in [-0.15, -0.1) is 0 Å². The first-order chi connectivity index (χ1) is 8.41. The van der Waals surface area contributed by atoms with E-state index in [0.29, 0.717) is 0 Å². The molecule has 5 heteroatoms. The molecule has 0 aliphatic heterocycles. The van der Waals surface area contributed by atoms with Crippen LogP contribution in [0, 0.1) is 6.92 Å². The second-order valence-electron chi connectivity index (χ2n) is 5.35. The fourth-order valence-electron chi connectivity index (χ4n) is 1.69. The summed E-state index contributed by atoms with van der Waals surface area (Å²) in [5.41, 5.74) is 2.08. The van der Waals surface area contributed by atoms with Crippen molar-refractivity contribution < 1.29 is 4.74 Å². The van der Waals surface area contributed by atoms with Crippen molar-refractivity contribution in [2.45, 2.75) is 21.7 Å². The van der Waals surface area contributed by atoms with E-state index in [4.69, 9.17) is 4.74 Å². The van der Waals surface area contributed by atoms with Gasteiger partial charge in [0.25, 0.3) is 0 Å². The Hall–Kier alpha value is -0.621. The first-order valence-electron chi connectivity index (χ1n) is 5.90. The van der Waals surface area contributed by atoms with Crippen molar-refractivity contribution in [2.24, 2.45) is 0 Å². The number of ether oxygens (including phenoxy) is 1. The van der Waals surface area contributed by atoms with Crippen molar-refractivity contribution >= 4 is 33.6 Å². The summed E-state index contributed by atoms with van der Waals surface area (Å²) in [5, 5.41) is 0. The molecule has 96 valence electrons. The molecule has 0 unspecified atom stereocenters. The zero-order valence-electron chi connectivity index (χ0n) is 11.4. The Morgan fingerprint density at radius 2 is 1.94 bits per heavy atom. The Morgan fingerprint density at radius 1 is 1.22 bits per heavy atom. The van der Waals surface area contributed by atoms with Crippen LogP contribution in [0.4, 0.5) is 0 Å². The molecule has 2 rings (SSSR count). The molecular weight excluding hydrogens is 351 g/mol. The van der Waals surface area contributed by atoms with Crippen LogP contribution in [0.1, 0.15) is 5.69 Å². The van der Waals surface area contributed by atoms with Gasteiger partial charge in [-0.25, -0.2) is 0 Å². The number of aryl methyl sites for hydroxylation is 1. The molecule has 0 spiro atoms. The monoisotopic (exact) mass is 370 g/mol. The molecule has 0 aliphatic rings. The topological polar surface area (TPSA) is 35.0 Å². The quantitative estimate of drug-likeness (QED) is 0.781. The fraction of sp³-hybridized carbons (Fsp3) is 0.385. The molecule has 0 bridgehead atoms. The average Bonchev–Trinajstić information content (AvgIpc) is 2.73. The van der Waals surface area contributed by atoms with Gasteiger partial charge >= 0.3 is 117 Å². The van der Waals surface area contributed by atoms with Gasteiger partial charge in [0.1, 0.15) is 0 Å². The Labute approximate surface area is 116 Å². The van der Waals surface area contributed by atoms with E-state index in [-0.39, 0.29) is 0 Å². The van der Waals surface area contributed by atoms with Gasteiger partial charge < -0.3 is 0 Å². The van der Waals surface area contributed by atoms with Crippen molar-refractivity contribution in [2.75, 3.05) is 7.11 Å². The molecular formula is C13H18N2OSSn. The first kappa shape index (κ1) is 13.8. The number of nitrogens with zero attached hydrogens (tertiary/aromatic N) is 2. The molecule has 0 saturated heterocycles. The van der Waals surface area contributed by atoms with Crippen LogP contribution in [0.15, 0.2) is 18.3 Å². The van der Waals surface area contributed by atoms with Crippen molar-refractivity contribution in [1.82, 2.24) is 9.36 Å². The van der Waals surface area contributed by atoms with Gasteiger partial charge in [-0.05, 0) is 0 Å². The summed E-state index contributed by atoms with van der Waals surface area (Å²) < 4.78 is 11.1. The number of methoxy groups -OCH3 is 1. The minimum atomic E-state index is -2.13. The zero-order valence-corrected chi connectivity index (χ0v) is 15.1. The van der Waals surface area contributed by atoms with Crippen LogP contribution >= 0.6 is 11.5 Å². The van der Waals surface area contributed by atoms with E-state index < -0.39 is 18.4 Å². The molecule has 0 aliphatic carbocycles. The van der Waals surface area contributed by atoms with Crippen LogP contribution in [-0.2, 0) is 0 Å². The Kier molecular flexibility index (Phi) is 3.96. The van der Waals surface area contributed by atoms with Crippen LogP contribution in [0.2, 0.25) is 14.8 Å². The number of hydrogen-bond donors (Lipinski definition) is 0. The molecule has 2 aromatic rings. The van der Waals surface area contributed by atoms with E-state index in [1.54, 1.807) is 7.11 Å². The molecule has 0 fully saturated rings. The van der Waals surface area contributed by atoms with Crippen LogP contribution in [0.5, 0.6) is 5.75 Å². The molecule has 0 radical (unpaired) electrons. The fourth-order valence-corrected chi connectivity index (χ4v) is 5.36. The molecule has 0 N–H and O–H groups in total. The van der Waals surface area contributed by atoms with Crippen molar-refractivity contribution in [3.8, 4) is 16.2 Å². The second-order valence-corrected chi connectivity index (χ2v) is 20.5. The van der Waals surface area contributed by atoms with Gasteiger partial charge in [-0.2, -0.15) is 0 Å². The van der Waals surface area contributed by atoms with Crippen LogP contribution in [0.25, 0.3) is 10.4 Å². The van der Waals surface area contributed by atoms with E-state index in [1.165, 1.54) is 15.2 Å². The number of pyridine rings is 1. The van der Waals surface area contributed by atoms with E-state index in [2.05, 4.69) is 36.3 Å². The normalized spacial score (nSPS) is 11.6. The Bertz CT molecular complexity index is 560. The molecule has 2 aromatic heterocycles. The predicted molar refractivity (Wildman–Crippen MR) is 79.6 cm³/mol. The van der Waals surface area contributed by atoms with E-state index in [9.17, 15) is 0 Å². The number of rotatable bonds is 3. The van der Waals surface area contributed by atoms with Gasteiger partial charge in [0.15, 0.2) is 0 Å². The minimum absolute atomic E-state index is 0.912. The molecule has 2 heterocycles. The SMILES string of the molecule is COc1c[c]([Sn]([CH3])([CH3])[CH3])ncc1-c1cc(C)ns1. The van der Waals surface area contributed by atoms with Gasteiger partial charge in [0.05, 0.1) is 0 Å². The number of hydrogen-bond acceptors (Lipinski definition) is 4. The van der Waals surface area contributed by atoms with Gasteiger partial charge in [0.2, 0.25) is 0 Å². The third-order valence-electron chi connectivity index (χ3n) is 2.75. The van der Waals surface area contributed by atoms with E-state index >= 15 is 0 Å². The zero-order chi connectivity index (χ0) is 13.3. The molecule has 3 nitrogen and oxygen atoms in total. The predicted octanol–water partition coefficient (Wildman–Crippen LogP) is 3.07. The van der Waals surface area contributed by atoms with Gasteiger partial charge in [-0.3, -0.25) is 0 Å². The summed E-state index contributed by atoms with van der Waals surface area (Å²) in [6, 6.07) is 4.19. The summed E-state index contributed by atoms with van der Waals surface area (Å²) in [5.74, 6) is 0.912. The van der Waals surface area contributed by atoms with Gasteiger partial charge in [0, 0.05) is 0 Å². The Morgan fingerprint density at radius 3 is 2.44 bits per heavy atom. The summed E-state index contributed by atoms with van der Waals surface area (Å²) in [6.07, 6.45) is 1.93. The summed E-state index contributed by atoms with van der Waals surface area (Å²) in [4.78, 5) is 12.8. The summed E-state index contributed by atoms with van der Waals surface area (Å²) >= 11 is -0.641. The van der Waals surface area contributed by atoms with Crippen molar-refractivity contribution in [1.29, 1.82) is 0 Å². The van der Waals surface area contributed by atoms with Gasteiger partial charge in [-0.1, -0.05) is 0 Å². The molecule has 0 atom stereocenters. The van der Waals surface area contributed by atoms with Crippen molar-refractivity contribution in [3.05, 3.63) is 24.0 Å². The molecule has 0 aromatic carbocycles. The van der Waals surface area contributed by atoms with E-state index in [0.717, 1.165) is 21.9 Å². The summed E-state index contributed by atoms with van der Waals surface area (Å²) in [6.45, 7) is 2.00. The number of aromatic nitrogens is 2. The van der Waals surface area contributed by atoms with Crippen LogP contribution < -0.4 is 8.45 Å². The third-order valence-corrected chi connectivity index (χ3v) is 8.83. The van der Waals surface area contributed by atoms with E-state index in [1.807, 2.05) is 13.1 Å². The average molecular weight is 369 g/mol. The molecule has 18 heavy (non-hydrogen) atoms. The second kappa shape index (κ2) is 5.17. The third kappa shape index (κ3) is 2.85. The van der Waals surface area contributed by atoms with Crippen LogP contribution in [0.3, 0.4) is 0 Å². The maximum absolute atomic E-state index is 5.52. The van der Waals surface area contributed by atoms with Crippen molar-refractivity contribution in [3.63, 3.8) is 0 Å². The molecule has 0 saturated carbocycles. The maximum atomic E-state index is 5.52. The Balaban J connectivity index is 2.50. The van der Waals surface area contributed by atoms with Crippen LogP contribution in [-0.4, -0.2) is 34.8 Å². The summed E-state index contributed by atoms with van der Waals surface area (Å²) in [7, 11) is 1.72. The standard InChI is InChI=1S/C10H9N2OS.3CH3.Sn/c1-7-5-10(14-12-7)8-6-11-4-3-9(8)13-2;;;;/h3,5-6H,1-2H3;3*1H3;. The molecule has 0 amide bonds.